The molecule has 2 saturated carbocycles. The molecule has 0 bridgehead atoms. The van der Waals surface area contributed by atoms with Crippen molar-refractivity contribution in [2.75, 3.05) is 0 Å². The number of hydrogen-bond acceptors (Lipinski definition) is 3. The Morgan fingerprint density at radius 1 is 0.956 bits per heavy atom. The molecule has 2 aromatic rings. The minimum atomic E-state index is -0.357. The summed E-state index contributed by atoms with van der Waals surface area (Å²) in [7, 11) is 0. The SMILES string of the molecule is CCC(C1C[C@H](OC(C)=O)CC[C@]1(C)C(C)CC[C@@]1(C)C(C)CC[C@@H]1[C@H](C)CC=C(c1ccccc1)c1ccccc1)[C@H](C)O. The third kappa shape index (κ3) is 8.13. The lowest BCUT2D eigenvalue weighted by atomic mass is 9.54. The third-order valence-corrected chi connectivity index (χ3v) is 13.0. The smallest absolute Gasteiger partial charge is 0.302 e. The number of aliphatic hydroxyl groups is 1. The minimum absolute atomic E-state index is 0.0251. The number of benzene rings is 2. The number of allylic oxidation sites excluding steroid dienone is 1. The van der Waals surface area contributed by atoms with Crippen LogP contribution in [-0.4, -0.2) is 23.3 Å². The highest BCUT2D eigenvalue weighted by Gasteiger charge is 2.50. The number of rotatable bonds is 13. The Morgan fingerprint density at radius 2 is 1.56 bits per heavy atom. The monoisotopic (exact) mass is 614 g/mol. The Labute approximate surface area is 275 Å². The van der Waals surface area contributed by atoms with E-state index in [9.17, 15) is 9.90 Å². The molecule has 4 rings (SSSR count). The predicted octanol–water partition coefficient (Wildman–Crippen LogP) is 10.8. The van der Waals surface area contributed by atoms with Gasteiger partial charge in [0.1, 0.15) is 6.10 Å². The van der Waals surface area contributed by atoms with Crippen molar-refractivity contribution in [2.24, 2.45) is 46.3 Å². The first-order valence-electron chi connectivity index (χ1n) is 18.1. The molecule has 0 spiro atoms. The molecule has 2 fully saturated rings. The molecule has 4 unspecified atom stereocenters. The molecule has 0 radical (unpaired) electrons. The zero-order chi connectivity index (χ0) is 32.8. The average Bonchev–Trinajstić information content (AvgIpc) is 3.32. The van der Waals surface area contributed by atoms with Crippen LogP contribution in [0.15, 0.2) is 66.7 Å². The van der Waals surface area contributed by atoms with E-state index in [1.807, 2.05) is 6.92 Å². The average molecular weight is 615 g/mol. The number of ether oxygens (including phenoxy) is 1. The largest absolute Gasteiger partial charge is 0.463 e. The van der Waals surface area contributed by atoms with Gasteiger partial charge in [-0.2, -0.15) is 0 Å². The number of esters is 1. The molecule has 1 N–H and O–H groups in total. The second-order valence-corrected chi connectivity index (χ2v) is 15.5. The fraction of sp³-hybridized carbons (Fsp3) is 0.643. The van der Waals surface area contributed by atoms with Gasteiger partial charge in [-0.05, 0) is 121 Å². The maximum Gasteiger partial charge on any atom is 0.302 e. The van der Waals surface area contributed by atoms with E-state index in [0.717, 1.165) is 32.1 Å². The van der Waals surface area contributed by atoms with Crippen LogP contribution in [0, 0.1) is 46.3 Å². The zero-order valence-electron chi connectivity index (χ0n) is 29.6. The van der Waals surface area contributed by atoms with Crippen molar-refractivity contribution in [3.8, 4) is 0 Å². The lowest BCUT2D eigenvalue weighted by Gasteiger charge is -2.52. The van der Waals surface area contributed by atoms with Gasteiger partial charge in [0.15, 0.2) is 0 Å². The molecule has 0 aliphatic heterocycles. The van der Waals surface area contributed by atoms with Gasteiger partial charge in [0.2, 0.25) is 0 Å². The Balaban J connectivity index is 1.51. The summed E-state index contributed by atoms with van der Waals surface area (Å²) in [6.45, 7) is 18.2. The zero-order valence-corrected chi connectivity index (χ0v) is 29.6. The van der Waals surface area contributed by atoms with Crippen molar-refractivity contribution < 1.29 is 14.6 Å². The highest BCUT2D eigenvalue weighted by Crippen LogP contribution is 2.57. The Morgan fingerprint density at radius 3 is 2.09 bits per heavy atom. The Bertz CT molecular complexity index is 1190. The first kappa shape index (κ1) is 35.5. The van der Waals surface area contributed by atoms with Crippen LogP contribution in [0.5, 0.6) is 0 Å². The van der Waals surface area contributed by atoms with E-state index in [1.54, 1.807) is 0 Å². The summed E-state index contributed by atoms with van der Waals surface area (Å²) in [5.74, 6) is 2.95. The van der Waals surface area contributed by atoms with E-state index in [-0.39, 0.29) is 29.5 Å². The van der Waals surface area contributed by atoms with Crippen molar-refractivity contribution in [1.29, 1.82) is 0 Å². The molecule has 45 heavy (non-hydrogen) atoms. The highest BCUT2D eigenvalue weighted by atomic mass is 16.5. The van der Waals surface area contributed by atoms with Crippen LogP contribution in [0.1, 0.15) is 124 Å². The Hall–Kier alpha value is -2.39. The molecule has 0 heterocycles. The van der Waals surface area contributed by atoms with Gasteiger partial charge in [0.05, 0.1) is 6.10 Å². The number of carbonyl (C=O) groups excluding carboxylic acids is 1. The van der Waals surface area contributed by atoms with E-state index in [2.05, 4.69) is 108 Å². The maximum atomic E-state index is 11.8. The van der Waals surface area contributed by atoms with Gasteiger partial charge in [-0.1, -0.05) is 115 Å². The molecule has 248 valence electrons. The van der Waals surface area contributed by atoms with E-state index >= 15 is 0 Å². The van der Waals surface area contributed by atoms with Crippen molar-refractivity contribution in [2.45, 2.75) is 125 Å². The fourth-order valence-electron chi connectivity index (χ4n) is 9.69. The fourth-order valence-corrected chi connectivity index (χ4v) is 9.69. The molecule has 0 amide bonds. The van der Waals surface area contributed by atoms with Crippen LogP contribution in [0.25, 0.3) is 5.57 Å². The van der Waals surface area contributed by atoms with Gasteiger partial charge in [-0.15, -0.1) is 0 Å². The van der Waals surface area contributed by atoms with Crippen molar-refractivity contribution in [1.82, 2.24) is 0 Å². The molecule has 0 saturated heterocycles. The summed E-state index contributed by atoms with van der Waals surface area (Å²) < 4.78 is 5.75. The highest BCUT2D eigenvalue weighted by molar-refractivity contribution is 5.79. The minimum Gasteiger partial charge on any atom is -0.463 e. The molecular weight excluding hydrogens is 552 g/mol. The maximum absolute atomic E-state index is 11.8. The van der Waals surface area contributed by atoms with Gasteiger partial charge in [-0.25, -0.2) is 0 Å². The number of aliphatic hydroxyl groups excluding tert-OH is 1. The third-order valence-electron chi connectivity index (χ3n) is 13.0. The quantitative estimate of drug-likeness (QED) is 0.228. The molecule has 0 aromatic heterocycles. The van der Waals surface area contributed by atoms with E-state index in [4.69, 9.17) is 4.74 Å². The molecule has 2 aliphatic carbocycles. The summed E-state index contributed by atoms with van der Waals surface area (Å²) in [6, 6.07) is 21.7. The van der Waals surface area contributed by atoms with Crippen LogP contribution in [0.3, 0.4) is 0 Å². The van der Waals surface area contributed by atoms with Gasteiger partial charge in [0.25, 0.3) is 0 Å². The summed E-state index contributed by atoms with van der Waals surface area (Å²) in [5.41, 5.74) is 4.37. The first-order chi connectivity index (χ1) is 21.4. The van der Waals surface area contributed by atoms with E-state index < -0.39 is 0 Å². The lowest BCUT2D eigenvalue weighted by molar-refractivity contribution is -0.154. The second-order valence-electron chi connectivity index (χ2n) is 15.5. The van der Waals surface area contributed by atoms with Gasteiger partial charge in [-0.3, -0.25) is 4.79 Å². The van der Waals surface area contributed by atoms with Crippen LogP contribution in [-0.2, 0) is 9.53 Å². The van der Waals surface area contributed by atoms with Crippen LogP contribution in [0.2, 0.25) is 0 Å². The molecule has 3 heteroatoms. The molecular formula is C42H62O3. The van der Waals surface area contributed by atoms with Crippen LogP contribution >= 0.6 is 0 Å². The summed E-state index contributed by atoms with van der Waals surface area (Å²) in [5, 5.41) is 10.8. The van der Waals surface area contributed by atoms with Crippen molar-refractivity contribution >= 4 is 11.5 Å². The lowest BCUT2D eigenvalue weighted by Crippen LogP contribution is -2.47. The van der Waals surface area contributed by atoms with Gasteiger partial charge >= 0.3 is 5.97 Å². The van der Waals surface area contributed by atoms with E-state index in [0.29, 0.717) is 35.0 Å². The van der Waals surface area contributed by atoms with Crippen LogP contribution < -0.4 is 0 Å². The van der Waals surface area contributed by atoms with Gasteiger partial charge in [0, 0.05) is 6.92 Å². The molecule has 2 aromatic carbocycles. The Kier molecular flexibility index (Phi) is 12.2. The predicted molar refractivity (Wildman–Crippen MR) is 189 cm³/mol. The topological polar surface area (TPSA) is 46.5 Å². The standard InChI is InChI=1S/C42H62O3/c1-9-37(32(5)43)40-28-36(45-33(6)44)25-27-42(40,8)31(4)24-26-41(7)30(3)21-23-39(41)29(2)20-22-38(34-16-12-10-13-17-34)35-18-14-11-15-19-35/h10-19,22,29-32,36-37,39-40,43H,9,20-21,23-28H2,1-8H3/t29-,30?,31?,32+,36-,37?,39-,40?,41+,42-/m1/s1. The summed E-state index contributed by atoms with van der Waals surface area (Å²) in [4.78, 5) is 11.8. The van der Waals surface area contributed by atoms with Crippen molar-refractivity contribution in [3.05, 3.63) is 77.9 Å². The molecule has 3 nitrogen and oxygen atoms in total. The van der Waals surface area contributed by atoms with Crippen molar-refractivity contribution in [3.63, 3.8) is 0 Å². The second kappa shape index (κ2) is 15.5. The molecule has 10 atom stereocenters. The first-order valence-corrected chi connectivity index (χ1v) is 18.1. The summed E-state index contributed by atoms with van der Waals surface area (Å²) >= 11 is 0. The van der Waals surface area contributed by atoms with Gasteiger partial charge < -0.3 is 9.84 Å². The normalized spacial score (nSPS) is 31.0. The van der Waals surface area contributed by atoms with E-state index in [1.165, 1.54) is 49.3 Å². The number of hydrogen-bond donors (Lipinski definition) is 1. The summed E-state index contributed by atoms with van der Waals surface area (Å²) in [6.07, 6.45) is 12.1. The van der Waals surface area contributed by atoms with Crippen LogP contribution in [0.4, 0.5) is 0 Å². The number of carbonyl (C=O) groups is 1. The molecule has 2 aliphatic rings.